The van der Waals surface area contributed by atoms with Crippen LogP contribution in [0.4, 0.5) is 0 Å². The Morgan fingerprint density at radius 2 is 1.62 bits per heavy atom. The number of nitrogens with zero attached hydrogens (tertiary/aromatic N) is 1. The standard InChI is InChI=1S/C19H16ClNO5/c20-13-5-3-10(4-6-13)14(22)9-26-15(23)8-21-18(24)16-11-1-2-12(7-11)17(16)19(21)25/h1-6,11-12,16-17H,7-9H2/t11-,12-,16-,17+/m0/s1. The van der Waals surface area contributed by atoms with Crippen molar-refractivity contribution in [2.45, 2.75) is 6.42 Å². The number of likely N-dealkylation sites (tertiary alicyclic amines) is 1. The third-order valence-electron chi connectivity index (χ3n) is 5.38. The number of allylic oxidation sites excluding steroid dienone is 2. The van der Waals surface area contributed by atoms with E-state index in [0.717, 1.165) is 11.3 Å². The Balaban J connectivity index is 1.34. The molecule has 1 aliphatic heterocycles. The van der Waals surface area contributed by atoms with Crippen LogP contribution in [0.25, 0.3) is 0 Å². The van der Waals surface area contributed by atoms with Crippen LogP contribution >= 0.6 is 11.6 Å². The van der Waals surface area contributed by atoms with E-state index in [4.69, 9.17) is 16.3 Å². The minimum atomic E-state index is -0.769. The zero-order chi connectivity index (χ0) is 18.4. The van der Waals surface area contributed by atoms with E-state index in [9.17, 15) is 19.2 Å². The third kappa shape index (κ3) is 2.74. The van der Waals surface area contributed by atoms with E-state index >= 15 is 0 Å². The van der Waals surface area contributed by atoms with Crippen molar-refractivity contribution < 1.29 is 23.9 Å². The van der Waals surface area contributed by atoms with Gasteiger partial charge in [0.2, 0.25) is 11.8 Å². The van der Waals surface area contributed by atoms with Crippen molar-refractivity contribution in [1.29, 1.82) is 0 Å². The van der Waals surface area contributed by atoms with Crippen molar-refractivity contribution in [3.63, 3.8) is 0 Å². The highest BCUT2D eigenvalue weighted by atomic mass is 35.5. The normalized spacial score (nSPS) is 28.6. The number of ketones is 1. The summed E-state index contributed by atoms with van der Waals surface area (Å²) in [6, 6.07) is 6.21. The van der Waals surface area contributed by atoms with Gasteiger partial charge in [0.05, 0.1) is 11.8 Å². The van der Waals surface area contributed by atoms with Crippen LogP contribution < -0.4 is 0 Å². The van der Waals surface area contributed by atoms with Gasteiger partial charge in [0.25, 0.3) is 0 Å². The van der Waals surface area contributed by atoms with Crippen LogP contribution in [-0.2, 0) is 19.1 Å². The molecule has 1 aromatic rings. The van der Waals surface area contributed by atoms with Gasteiger partial charge in [0, 0.05) is 10.6 Å². The largest absolute Gasteiger partial charge is 0.456 e. The van der Waals surface area contributed by atoms with Crippen LogP contribution in [0.2, 0.25) is 5.02 Å². The summed E-state index contributed by atoms with van der Waals surface area (Å²) in [5.41, 5.74) is 0.368. The van der Waals surface area contributed by atoms with Gasteiger partial charge < -0.3 is 4.74 Å². The molecule has 1 saturated carbocycles. The number of hydrogen-bond acceptors (Lipinski definition) is 5. The number of halogens is 1. The Labute approximate surface area is 154 Å². The second kappa shape index (κ2) is 6.36. The van der Waals surface area contributed by atoms with Crippen LogP contribution in [0.3, 0.4) is 0 Å². The molecule has 2 bridgehead atoms. The molecule has 0 N–H and O–H groups in total. The highest BCUT2D eigenvalue weighted by Crippen LogP contribution is 2.52. The first-order valence-corrected chi connectivity index (χ1v) is 8.81. The van der Waals surface area contributed by atoms with Gasteiger partial charge in [-0.2, -0.15) is 0 Å². The van der Waals surface area contributed by atoms with E-state index in [1.807, 2.05) is 12.2 Å². The number of imide groups is 1. The Bertz CT molecular complexity index is 801. The van der Waals surface area contributed by atoms with Crippen LogP contribution in [0.5, 0.6) is 0 Å². The summed E-state index contributed by atoms with van der Waals surface area (Å²) in [4.78, 5) is 50.0. The predicted molar refractivity (Wildman–Crippen MR) is 91.2 cm³/mol. The lowest BCUT2D eigenvalue weighted by molar-refractivity contribution is -0.152. The molecule has 2 aliphatic carbocycles. The first-order chi connectivity index (χ1) is 12.5. The van der Waals surface area contributed by atoms with Gasteiger partial charge in [-0.15, -0.1) is 0 Å². The molecule has 134 valence electrons. The summed E-state index contributed by atoms with van der Waals surface area (Å²) in [6.45, 7) is -0.894. The molecule has 0 aromatic heterocycles. The minimum Gasteiger partial charge on any atom is -0.456 e. The fourth-order valence-electron chi connectivity index (χ4n) is 4.16. The summed E-state index contributed by atoms with van der Waals surface area (Å²) in [7, 11) is 0. The predicted octanol–water partition coefficient (Wildman–Crippen LogP) is 1.87. The van der Waals surface area contributed by atoms with Crippen molar-refractivity contribution in [3.8, 4) is 0 Å². The molecule has 4 atom stereocenters. The van der Waals surface area contributed by atoms with Gasteiger partial charge >= 0.3 is 5.97 Å². The monoisotopic (exact) mass is 373 g/mol. The highest BCUT2D eigenvalue weighted by molar-refractivity contribution is 6.30. The second-order valence-electron chi connectivity index (χ2n) is 6.85. The van der Waals surface area contributed by atoms with Gasteiger partial charge in [-0.3, -0.25) is 24.1 Å². The quantitative estimate of drug-likeness (QED) is 0.340. The van der Waals surface area contributed by atoms with E-state index in [2.05, 4.69) is 0 Å². The molecule has 2 fully saturated rings. The van der Waals surface area contributed by atoms with Gasteiger partial charge in [-0.25, -0.2) is 0 Å². The van der Waals surface area contributed by atoms with Crippen LogP contribution in [0, 0.1) is 23.7 Å². The molecule has 1 saturated heterocycles. The van der Waals surface area contributed by atoms with Crippen molar-refractivity contribution in [2.24, 2.45) is 23.7 Å². The number of rotatable bonds is 5. The number of ether oxygens (including phenoxy) is 1. The molecule has 1 aromatic carbocycles. The van der Waals surface area contributed by atoms with Crippen LogP contribution in [0.1, 0.15) is 16.8 Å². The van der Waals surface area contributed by atoms with E-state index in [0.29, 0.717) is 10.6 Å². The molecule has 0 radical (unpaired) electrons. The Morgan fingerprint density at radius 3 is 2.19 bits per heavy atom. The zero-order valence-corrected chi connectivity index (χ0v) is 14.5. The highest BCUT2D eigenvalue weighted by Gasteiger charge is 2.59. The summed E-state index contributed by atoms with van der Waals surface area (Å²) in [6.07, 6.45) is 4.81. The number of Topliss-reactive ketones (excluding diaryl/α,β-unsaturated/α-hetero) is 1. The average molecular weight is 374 g/mol. The minimum absolute atomic E-state index is 0.0916. The first kappa shape index (κ1) is 17.0. The maximum absolute atomic E-state index is 12.5. The zero-order valence-electron chi connectivity index (χ0n) is 13.8. The maximum Gasteiger partial charge on any atom is 0.326 e. The summed E-state index contributed by atoms with van der Waals surface area (Å²) < 4.78 is 4.96. The van der Waals surface area contributed by atoms with Crippen molar-refractivity contribution >= 4 is 35.2 Å². The molecule has 7 heteroatoms. The molecule has 3 aliphatic rings. The van der Waals surface area contributed by atoms with Gasteiger partial charge in [-0.05, 0) is 42.5 Å². The molecule has 26 heavy (non-hydrogen) atoms. The van der Waals surface area contributed by atoms with E-state index < -0.39 is 19.1 Å². The first-order valence-electron chi connectivity index (χ1n) is 8.43. The second-order valence-corrected chi connectivity index (χ2v) is 7.29. The molecule has 6 nitrogen and oxygen atoms in total. The number of amides is 2. The number of fused-ring (bicyclic) bond motifs is 5. The molecule has 1 heterocycles. The summed E-state index contributed by atoms with van der Waals surface area (Å²) >= 11 is 5.76. The van der Waals surface area contributed by atoms with Crippen LogP contribution in [-0.4, -0.2) is 41.6 Å². The number of carbonyl (C=O) groups is 4. The van der Waals surface area contributed by atoms with E-state index in [1.165, 1.54) is 12.1 Å². The fraction of sp³-hybridized carbons (Fsp3) is 0.368. The average Bonchev–Trinajstić information content (AvgIpc) is 3.30. The number of benzene rings is 1. The molecular formula is C19H16ClNO5. The smallest absolute Gasteiger partial charge is 0.326 e. The van der Waals surface area contributed by atoms with E-state index in [-0.39, 0.29) is 41.3 Å². The van der Waals surface area contributed by atoms with Gasteiger partial charge in [-0.1, -0.05) is 23.8 Å². The fourth-order valence-corrected chi connectivity index (χ4v) is 4.29. The maximum atomic E-state index is 12.5. The van der Waals surface area contributed by atoms with Crippen LogP contribution in [0.15, 0.2) is 36.4 Å². The third-order valence-corrected chi connectivity index (χ3v) is 5.63. The summed E-state index contributed by atoms with van der Waals surface area (Å²) in [5, 5.41) is 0.499. The van der Waals surface area contributed by atoms with E-state index in [1.54, 1.807) is 12.1 Å². The van der Waals surface area contributed by atoms with Crippen molar-refractivity contribution in [1.82, 2.24) is 4.90 Å². The SMILES string of the molecule is O=C(CN1C(=O)[C@@H]2[C@H](C1=O)[C@H]1C=C[C@H]2C1)OCC(=O)c1ccc(Cl)cc1. The van der Waals surface area contributed by atoms with Gasteiger partial charge in [0.15, 0.2) is 12.4 Å². The number of hydrogen-bond donors (Lipinski definition) is 0. The lowest BCUT2D eigenvalue weighted by atomic mass is 9.85. The Kier molecular flexibility index (Phi) is 4.15. The van der Waals surface area contributed by atoms with Crippen molar-refractivity contribution in [2.75, 3.05) is 13.2 Å². The van der Waals surface area contributed by atoms with Crippen molar-refractivity contribution in [3.05, 3.63) is 47.0 Å². The summed E-state index contributed by atoms with van der Waals surface area (Å²) in [5.74, 6) is -2.27. The molecule has 4 rings (SSSR count). The lowest BCUT2D eigenvalue weighted by Gasteiger charge is -2.16. The topological polar surface area (TPSA) is 80.8 Å². The molecule has 2 amide bonds. The molecule has 0 unspecified atom stereocenters. The number of esters is 1. The van der Waals surface area contributed by atoms with Gasteiger partial charge in [0.1, 0.15) is 6.54 Å². The Morgan fingerprint density at radius 1 is 1.04 bits per heavy atom. The Hall–Kier alpha value is -2.47. The lowest BCUT2D eigenvalue weighted by Crippen LogP contribution is -2.38. The molecule has 0 spiro atoms. The molecular weight excluding hydrogens is 358 g/mol. The number of carbonyl (C=O) groups excluding carboxylic acids is 4.